The molecular weight excluding hydrogens is 166 g/mol. The van der Waals surface area contributed by atoms with E-state index in [4.69, 9.17) is 4.74 Å². The number of phenolic OH excluding ortho intramolecular Hbond substituents is 1. The van der Waals surface area contributed by atoms with Crippen LogP contribution < -0.4 is 10.1 Å². The van der Waals surface area contributed by atoms with Crippen molar-refractivity contribution < 1.29 is 9.84 Å². The first-order chi connectivity index (χ1) is 6.20. The van der Waals surface area contributed by atoms with E-state index in [1.54, 1.807) is 13.2 Å². The van der Waals surface area contributed by atoms with Gasteiger partial charge < -0.3 is 15.2 Å². The molecule has 3 heteroatoms. The number of hydrogen-bond acceptors (Lipinski definition) is 3. The summed E-state index contributed by atoms with van der Waals surface area (Å²) in [6.45, 7) is 1.98. The molecule has 0 bridgehead atoms. The molecule has 0 unspecified atom stereocenters. The molecule has 0 aliphatic heterocycles. The summed E-state index contributed by atoms with van der Waals surface area (Å²) >= 11 is 0. The Morgan fingerprint density at radius 1 is 1.46 bits per heavy atom. The van der Waals surface area contributed by atoms with E-state index < -0.39 is 0 Å². The lowest BCUT2D eigenvalue weighted by Gasteiger charge is -2.14. The lowest BCUT2D eigenvalue weighted by atomic mass is 10.1. The maximum atomic E-state index is 9.73. The maximum Gasteiger partial charge on any atom is 0.162 e. The highest BCUT2D eigenvalue weighted by molar-refractivity contribution is 5.46. The highest BCUT2D eigenvalue weighted by Gasteiger charge is 2.11. The molecule has 1 aromatic carbocycles. The number of para-hydroxylation sites is 1. The van der Waals surface area contributed by atoms with Crippen LogP contribution in [0.5, 0.6) is 11.5 Å². The summed E-state index contributed by atoms with van der Waals surface area (Å²) in [6, 6.07) is 5.59. The first-order valence-electron chi connectivity index (χ1n) is 4.23. The van der Waals surface area contributed by atoms with Gasteiger partial charge in [0.2, 0.25) is 0 Å². The lowest BCUT2D eigenvalue weighted by Crippen LogP contribution is -2.12. The molecule has 0 spiro atoms. The summed E-state index contributed by atoms with van der Waals surface area (Å²) < 4.78 is 5.00. The molecule has 1 atom stereocenters. The van der Waals surface area contributed by atoms with Crippen LogP contribution in [0.1, 0.15) is 18.5 Å². The van der Waals surface area contributed by atoms with E-state index in [9.17, 15) is 5.11 Å². The Morgan fingerprint density at radius 3 is 2.69 bits per heavy atom. The second-order valence-corrected chi connectivity index (χ2v) is 2.91. The van der Waals surface area contributed by atoms with Crippen LogP contribution >= 0.6 is 0 Å². The first kappa shape index (κ1) is 9.86. The van der Waals surface area contributed by atoms with Gasteiger partial charge in [0.25, 0.3) is 0 Å². The lowest BCUT2D eigenvalue weighted by molar-refractivity contribution is 0.367. The zero-order valence-corrected chi connectivity index (χ0v) is 8.16. The van der Waals surface area contributed by atoms with Crippen LogP contribution in [0.15, 0.2) is 18.2 Å². The molecule has 0 amide bonds. The van der Waals surface area contributed by atoms with Gasteiger partial charge in [0.05, 0.1) is 7.11 Å². The van der Waals surface area contributed by atoms with Gasteiger partial charge in [-0.3, -0.25) is 0 Å². The highest BCUT2D eigenvalue weighted by atomic mass is 16.5. The fraction of sp³-hybridized carbons (Fsp3) is 0.400. The fourth-order valence-corrected chi connectivity index (χ4v) is 1.21. The van der Waals surface area contributed by atoms with E-state index in [0.717, 1.165) is 5.56 Å². The second-order valence-electron chi connectivity index (χ2n) is 2.91. The normalized spacial score (nSPS) is 12.5. The molecule has 13 heavy (non-hydrogen) atoms. The number of rotatable bonds is 3. The Hall–Kier alpha value is -1.22. The van der Waals surface area contributed by atoms with Gasteiger partial charge in [-0.05, 0) is 20.0 Å². The predicted molar refractivity (Wildman–Crippen MR) is 52.1 cm³/mol. The molecule has 1 aromatic rings. The summed E-state index contributed by atoms with van der Waals surface area (Å²) in [5, 5.41) is 12.8. The van der Waals surface area contributed by atoms with E-state index in [1.807, 2.05) is 26.1 Å². The van der Waals surface area contributed by atoms with Crippen molar-refractivity contribution in [3.05, 3.63) is 23.8 Å². The third-order valence-corrected chi connectivity index (χ3v) is 2.15. The van der Waals surface area contributed by atoms with Gasteiger partial charge in [-0.2, -0.15) is 0 Å². The van der Waals surface area contributed by atoms with Crippen molar-refractivity contribution in [3.8, 4) is 11.5 Å². The van der Waals surface area contributed by atoms with Crippen molar-refractivity contribution in [1.82, 2.24) is 5.32 Å². The Kier molecular flexibility index (Phi) is 3.14. The minimum absolute atomic E-state index is 0.120. The minimum atomic E-state index is 0.120. The van der Waals surface area contributed by atoms with Crippen molar-refractivity contribution in [3.63, 3.8) is 0 Å². The van der Waals surface area contributed by atoms with E-state index in [1.165, 1.54) is 0 Å². The standard InChI is InChI=1S/C10H15NO2/c1-7(11-2)8-5-4-6-9(13-3)10(8)12/h4-7,11-12H,1-3H3/t7-/m0/s1. The number of nitrogens with one attached hydrogen (secondary N) is 1. The Labute approximate surface area is 78.3 Å². The third kappa shape index (κ3) is 1.92. The molecule has 2 N–H and O–H groups in total. The Morgan fingerprint density at radius 2 is 2.15 bits per heavy atom. The number of ether oxygens (including phenoxy) is 1. The van der Waals surface area contributed by atoms with Gasteiger partial charge in [-0.25, -0.2) is 0 Å². The monoisotopic (exact) mass is 181 g/mol. The molecule has 3 nitrogen and oxygen atoms in total. The van der Waals surface area contributed by atoms with Crippen LogP contribution in [0.4, 0.5) is 0 Å². The van der Waals surface area contributed by atoms with Crippen molar-refractivity contribution >= 4 is 0 Å². The summed E-state index contributed by atoms with van der Waals surface area (Å²) in [4.78, 5) is 0. The number of phenols is 1. The quantitative estimate of drug-likeness (QED) is 0.745. The summed E-state index contributed by atoms with van der Waals surface area (Å²) in [5.41, 5.74) is 0.849. The van der Waals surface area contributed by atoms with Gasteiger partial charge in [-0.1, -0.05) is 12.1 Å². The van der Waals surface area contributed by atoms with Crippen LogP contribution in [-0.2, 0) is 0 Å². The summed E-state index contributed by atoms with van der Waals surface area (Å²) in [5.74, 6) is 0.728. The number of methoxy groups -OCH3 is 1. The van der Waals surface area contributed by atoms with Gasteiger partial charge in [0.1, 0.15) is 0 Å². The molecule has 0 aliphatic carbocycles. The van der Waals surface area contributed by atoms with Crippen LogP contribution in [0.3, 0.4) is 0 Å². The molecule has 1 rings (SSSR count). The topological polar surface area (TPSA) is 41.5 Å². The van der Waals surface area contributed by atoms with Gasteiger partial charge in [-0.15, -0.1) is 0 Å². The van der Waals surface area contributed by atoms with Gasteiger partial charge in [0.15, 0.2) is 11.5 Å². The van der Waals surface area contributed by atoms with Gasteiger partial charge >= 0.3 is 0 Å². The average Bonchev–Trinajstić information content (AvgIpc) is 2.17. The van der Waals surface area contributed by atoms with Crippen LogP contribution in [0.2, 0.25) is 0 Å². The summed E-state index contributed by atoms with van der Waals surface area (Å²) in [6.07, 6.45) is 0. The SMILES string of the molecule is CN[C@@H](C)c1cccc(OC)c1O. The molecule has 0 fully saturated rings. The number of hydrogen-bond donors (Lipinski definition) is 2. The first-order valence-corrected chi connectivity index (χ1v) is 4.23. The second kappa shape index (κ2) is 4.14. The highest BCUT2D eigenvalue weighted by Crippen LogP contribution is 2.32. The number of aromatic hydroxyl groups is 1. The minimum Gasteiger partial charge on any atom is -0.504 e. The van der Waals surface area contributed by atoms with E-state index in [2.05, 4.69) is 5.32 Å². The third-order valence-electron chi connectivity index (χ3n) is 2.15. The van der Waals surface area contributed by atoms with Crippen LogP contribution in [0.25, 0.3) is 0 Å². The predicted octanol–water partition coefficient (Wildman–Crippen LogP) is 1.68. The smallest absolute Gasteiger partial charge is 0.162 e. The molecule has 0 radical (unpaired) electrons. The molecule has 0 aliphatic rings. The van der Waals surface area contributed by atoms with E-state index >= 15 is 0 Å². The molecular formula is C10H15NO2. The van der Waals surface area contributed by atoms with E-state index in [0.29, 0.717) is 5.75 Å². The average molecular weight is 181 g/mol. The van der Waals surface area contributed by atoms with Crippen molar-refractivity contribution in [1.29, 1.82) is 0 Å². The largest absolute Gasteiger partial charge is 0.504 e. The number of benzene rings is 1. The van der Waals surface area contributed by atoms with Crippen molar-refractivity contribution in [2.24, 2.45) is 0 Å². The molecule has 0 saturated carbocycles. The van der Waals surface area contributed by atoms with Crippen molar-refractivity contribution in [2.45, 2.75) is 13.0 Å². The van der Waals surface area contributed by atoms with Crippen LogP contribution in [0, 0.1) is 0 Å². The Balaban J connectivity index is 3.08. The fourth-order valence-electron chi connectivity index (χ4n) is 1.21. The van der Waals surface area contributed by atoms with E-state index in [-0.39, 0.29) is 11.8 Å². The Bertz CT molecular complexity index is 286. The maximum absolute atomic E-state index is 9.73. The van der Waals surface area contributed by atoms with Gasteiger partial charge in [0, 0.05) is 11.6 Å². The molecule has 0 saturated heterocycles. The molecule has 0 aromatic heterocycles. The zero-order chi connectivity index (χ0) is 9.84. The molecule has 72 valence electrons. The zero-order valence-electron chi connectivity index (χ0n) is 8.16. The van der Waals surface area contributed by atoms with Crippen molar-refractivity contribution in [2.75, 3.05) is 14.2 Å². The van der Waals surface area contributed by atoms with Crippen LogP contribution in [-0.4, -0.2) is 19.3 Å². The molecule has 0 heterocycles. The summed E-state index contributed by atoms with van der Waals surface area (Å²) in [7, 11) is 3.40.